The number of halogens is 2. The number of urea groups is 1. The lowest BCUT2D eigenvalue weighted by Gasteiger charge is -2.38. The van der Waals surface area contributed by atoms with Crippen molar-refractivity contribution in [1.82, 2.24) is 20.4 Å². The monoisotopic (exact) mass is 425 g/mol. The molecule has 0 bridgehead atoms. The van der Waals surface area contributed by atoms with Crippen molar-refractivity contribution in [1.29, 1.82) is 0 Å². The van der Waals surface area contributed by atoms with Crippen molar-refractivity contribution in [3.05, 3.63) is 69.6 Å². The van der Waals surface area contributed by atoms with Crippen LogP contribution < -0.4 is 16.2 Å². The molecule has 1 saturated heterocycles. The van der Waals surface area contributed by atoms with Crippen molar-refractivity contribution in [3.63, 3.8) is 0 Å². The normalized spacial score (nSPS) is 21.9. The van der Waals surface area contributed by atoms with Gasteiger partial charge < -0.3 is 10.6 Å². The summed E-state index contributed by atoms with van der Waals surface area (Å²) in [6.45, 7) is 3.16. The van der Waals surface area contributed by atoms with Crippen molar-refractivity contribution in [2.45, 2.75) is 31.5 Å². The van der Waals surface area contributed by atoms with Crippen molar-refractivity contribution in [2.24, 2.45) is 0 Å². The van der Waals surface area contributed by atoms with E-state index in [2.05, 4.69) is 20.8 Å². The van der Waals surface area contributed by atoms with Gasteiger partial charge in [-0.15, -0.1) is 0 Å². The Morgan fingerprint density at radius 3 is 2.39 bits per heavy atom. The van der Waals surface area contributed by atoms with Crippen LogP contribution in [0.5, 0.6) is 0 Å². The summed E-state index contributed by atoms with van der Waals surface area (Å²) in [5.41, 5.74) is -0.667. The van der Waals surface area contributed by atoms with Gasteiger partial charge in [0.2, 0.25) is 0 Å². The van der Waals surface area contributed by atoms with E-state index in [9.17, 15) is 23.2 Å². The fourth-order valence-electron chi connectivity index (χ4n) is 4.26. The van der Waals surface area contributed by atoms with E-state index in [0.717, 1.165) is 11.0 Å². The molecule has 3 heterocycles. The quantitative estimate of drug-likeness (QED) is 0.548. The van der Waals surface area contributed by atoms with Gasteiger partial charge in [-0.25, -0.2) is 18.7 Å². The number of aromatic amines is 1. The molecule has 2 aromatic carbocycles. The van der Waals surface area contributed by atoms with Crippen molar-refractivity contribution >= 4 is 28.4 Å². The maximum absolute atomic E-state index is 14.2. The first-order valence-corrected chi connectivity index (χ1v) is 9.57. The predicted octanol–water partition coefficient (Wildman–Crippen LogP) is 2.74. The van der Waals surface area contributed by atoms with Crippen LogP contribution in [0.1, 0.15) is 37.2 Å². The molecule has 3 aromatic rings. The number of carbonyl (C=O) groups excluding carboxylic acids is 2. The zero-order valence-electron chi connectivity index (χ0n) is 16.5. The number of rotatable bonds is 2. The second-order valence-electron chi connectivity index (χ2n) is 8.16. The molecule has 2 atom stereocenters. The molecule has 31 heavy (non-hydrogen) atoms. The lowest BCUT2D eigenvalue weighted by molar-refractivity contribution is -0.132. The summed E-state index contributed by atoms with van der Waals surface area (Å²) in [6, 6.07) is 5.46. The van der Waals surface area contributed by atoms with Gasteiger partial charge in [0.05, 0.1) is 17.1 Å². The molecule has 3 amide bonds. The molecule has 1 aromatic heterocycles. The van der Waals surface area contributed by atoms with Crippen molar-refractivity contribution < 1.29 is 18.4 Å². The third kappa shape index (κ3) is 2.78. The number of anilines is 1. The molecule has 8 nitrogen and oxygen atoms in total. The first-order chi connectivity index (χ1) is 14.7. The van der Waals surface area contributed by atoms with E-state index in [-0.39, 0.29) is 11.1 Å². The number of aromatic nitrogens is 2. The van der Waals surface area contributed by atoms with Gasteiger partial charge in [0.1, 0.15) is 23.2 Å². The highest BCUT2D eigenvalue weighted by molar-refractivity contribution is 6.08. The number of imide groups is 1. The summed E-state index contributed by atoms with van der Waals surface area (Å²) in [4.78, 5) is 39.3. The number of benzene rings is 2. The zero-order chi connectivity index (χ0) is 22.1. The van der Waals surface area contributed by atoms with Gasteiger partial charge in [-0.05, 0) is 43.7 Å². The molecular formula is C21H17F2N5O3. The highest BCUT2D eigenvalue weighted by Crippen LogP contribution is 2.46. The number of nitrogens with zero attached hydrogens (tertiary/aromatic N) is 2. The van der Waals surface area contributed by atoms with Crippen LogP contribution in [0.3, 0.4) is 0 Å². The molecule has 0 radical (unpaired) electrons. The summed E-state index contributed by atoms with van der Waals surface area (Å²) in [6.07, 6.45) is 0. The Labute approximate surface area is 174 Å². The molecule has 2 aliphatic heterocycles. The van der Waals surface area contributed by atoms with E-state index in [4.69, 9.17) is 0 Å². The number of H-pyrrole nitrogens is 1. The molecule has 0 spiro atoms. The number of carbonyl (C=O) groups is 2. The minimum absolute atomic E-state index is 0.0429. The molecular weight excluding hydrogens is 408 g/mol. The second kappa shape index (κ2) is 6.34. The molecule has 0 unspecified atom stereocenters. The van der Waals surface area contributed by atoms with E-state index in [1.54, 1.807) is 13.8 Å². The Kier molecular flexibility index (Phi) is 3.92. The van der Waals surface area contributed by atoms with Crippen LogP contribution in [0.25, 0.3) is 10.8 Å². The van der Waals surface area contributed by atoms with Gasteiger partial charge in [-0.3, -0.25) is 14.5 Å². The predicted molar refractivity (Wildman–Crippen MR) is 107 cm³/mol. The number of hydrogen-bond acceptors (Lipinski definition) is 5. The lowest BCUT2D eigenvalue weighted by Crippen LogP contribution is -2.44. The Morgan fingerprint density at radius 2 is 1.74 bits per heavy atom. The van der Waals surface area contributed by atoms with Crippen molar-refractivity contribution in [3.8, 4) is 0 Å². The molecule has 5 rings (SSSR count). The highest BCUT2D eigenvalue weighted by Gasteiger charge is 2.52. The van der Waals surface area contributed by atoms with Crippen LogP contribution in [0.4, 0.5) is 19.3 Å². The Morgan fingerprint density at radius 1 is 1.03 bits per heavy atom. The molecule has 0 aliphatic carbocycles. The fraction of sp³-hybridized carbons (Fsp3) is 0.238. The molecule has 158 valence electrons. The van der Waals surface area contributed by atoms with Crippen LogP contribution >= 0.6 is 0 Å². The van der Waals surface area contributed by atoms with Crippen LogP contribution in [0.2, 0.25) is 0 Å². The van der Waals surface area contributed by atoms with E-state index >= 15 is 0 Å². The van der Waals surface area contributed by atoms with Gasteiger partial charge in [-0.2, -0.15) is 5.10 Å². The number of amides is 3. The summed E-state index contributed by atoms with van der Waals surface area (Å²) in [5, 5.41) is 12.6. The van der Waals surface area contributed by atoms with Crippen LogP contribution in [-0.4, -0.2) is 32.6 Å². The van der Waals surface area contributed by atoms with Gasteiger partial charge in [0.25, 0.3) is 11.5 Å². The van der Waals surface area contributed by atoms with Crippen LogP contribution in [-0.2, 0) is 4.79 Å². The molecule has 1 fully saturated rings. The number of hydrogen-bond donors (Lipinski definition) is 3. The van der Waals surface area contributed by atoms with Gasteiger partial charge in [0, 0.05) is 11.1 Å². The minimum atomic E-state index is -1.14. The van der Waals surface area contributed by atoms with Crippen LogP contribution in [0, 0.1) is 11.6 Å². The third-order valence-corrected chi connectivity index (χ3v) is 5.69. The average molecular weight is 425 g/mol. The average Bonchev–Trinajstić information content (AvgIpc) is 2.91. The Bertz CT molecular complexity index is 1320. The maximum atomic E-state index is 14.2. The van der Waals surface area contributed by atoms with E-state index < -0.39 is 46.8 Å². The summed E-state index contributed by atoms with van der Waals surface area (Å²) in [5.74, 6) is -1.57. The standard InChI is InChI=1S/C21H17F2N5O3/c1-21(2)19(30)28(20(31)25-21)17-15(9-3-5-10(22)6-4-9)24-13-8-11(23)7-12-14(13)16(17)26-27-18(12)29/h3-8,15,17,24H,1-2H3,(H,25,31)(H,27,29)/t15-,17-/m0/s1. The molecule has 0 saturated carbocycles. The first-order valence-electron chi connectivity index (χ1n) is 9.57. The van der Waals surface area contributed by atoms with Gasteiger partial charge >= 0.3 is 6.03 Å². The van der Waals surface area contributed by atoms with E-state index in [1.165, 1.54) is 30.3 Å². The fourth-order valence-corrected chi connectivity index (χ4v) is 4.26. The number of nitrogens with one attached hydrogen (secondary N) is 3. The first kappa shape index (κ1) is 19.2. The second-order valence-corrected chi connectivity index (χ2v) is 8.16. The zero-order valence-corrected chi connectivity index (χ0v) is 16.5. The Hall–Kier alpha value is -3.82. The van der Waals surface area contributed by atoms with E-state index in [1.807, 2.05) is 0 Å². The van der Waals surface area contributed by atoms with Crippen molar-refractivity contribution in [2.75, 3.05) is 5.32 Å². The summed E-state index contributed by atoms with van der Waals surface area (Å²) >= 11 is 0. The largest absolute Gasteiger partial charge is 0.375 e. The highest BCUT2D eigenvalue weighted by atomic mass is 19.1. The van der Waals surface area contributed by atoms with Gasteiger partial charge in [0.15, 0.2) is 0 Å². The smallest absolute Gasteiger partial charge is 0.325 e. The summed E-state index contributed by atoms with van der Waals surface area (Å²) < 4.78 is 27.8. The van der Waals surface area contributed by atoms with Crippen LogP contribution in [0.15, 0.2) is 41.2 Å². The molecule has 2 aliphatic rings. The SMILES string of the molecule is CC1(C)NC(=O)N([C@@H]2c3n[nH]c(=O)c4cc(F)cc(c34)N[C@H]2c2ccc(F)cc2)C1=O. The van der Waals surface area contributed by atoms with Gasteiger partial charge in [-0.1, -0.05) is 12.1 Å². The third-order valence-electron chi connectivity index (χ3n) is 5.69. The topological polar surface area (TPSA) is 107 Å². The molecule has 10 heteroatoms. The van der Waals surface area contributed by atoms with E-state index in [0.29, 0.717) is 16.6 Å². The minimum Gasteiger partial charge on any atom is -0.375 e. The summed E-state index contributed by atoms with van der Waals surface area (Å²) in [7, 11) is 0. The molecule has 3 N–H and O–H groups in total. The Balaban J connectivity index is 1.79. The maximum Gasteiger partial charge on any atom is 0.325 e. The lowest BCUT2D eigenvalue weighted by atomic mass is 9.88.